The Bertz CT molecular complexity index is 737. The number of non-ortho nitro benzene ring substituents is 1. The maximum atomic E-state index is 10.7. The van der Waals surface area contributed by atoms with E-state index in [2.05, 4.69) is 4.98 Å². The molecule has 6 heteroatoms. The highest BCUT2D eigenvalue weighted by Crippen LogP contribution is 2.31. The zero-order valence-electron chi connectivity index (χ0n) is 10.4. The van der Waals surface area contributed by atoms with E-state index in [4.69, 9.17) is 0 Å². The highest BCUT2D eigenvalue weighted by molar-refractivity contribution is 8.00. The lowest BCUT2D eigenvalue weighted by Gasteiger charge is -1.98. The van der Waals surface area contributed by atoms with E-state index >= 15 is 0 Å². The monoisotopic (exact) mass is 302 g/mol. The van der Waals surface area contributed by atoms with Crippen LogP contribution in [0.4, 0.5) is 5.69 Å². The minimum atomic E-state index is -0.369. The molecule has 100 valence electrons. The van der Waals surface area contributed by atoms with Crippen molar-refractivity contribution in [1.82, 2.24) is 4.98 Å². The molecule has 0 aliphatic rings. The van der Waals surface area contributed by atoms with Crippen LogP contribution in [0, 0.1) is 10.1 Å². The van der Waals surface area contributed by atoms with Crippen molar-refractivity contribution in [2.24, 2.45) is 0 Å². The van der Waals surface area contributed by atoms with E-state index in [1.165, 1.54) is 6.07 Å². The van der Waals surface area contributed by atoms with Gasteiger partial charge < -0.3 is 0 Å². The van der Waals surface area contributed by atoms with Crippen LogP contribution in [-0.4, -0.2) is 9.91 Å². The van der Waals surface area contributed by atoms with Crippen LogP contribution in [0.3, 0.4) is 0 Å². The molecule has 1 heterocycles. The second-order valence-electron chi connectivity index (χ2n) is 4.16. The van der Waals surface area contributed by atoms with Crippen LogP contribution in [-0.2, 0) is 5.75 Å². The molecule has 0 saturated carbocycles. The summed E-state index contributed by atoms with van der Waals surface area (Å²) < 4.78 is 2.15. The molecule has 2 aromatic carbocycles. The van der Waals surface area contributed by atoms with Crippen molar-refractivity contribution in [3.63, 3.8) is 0 Å². The Morgan fingerprint density at radius 3 is 2.85 bits per heavy atom. The number of aromatic nitrogens is 1. The number of fused-ring (bicyclic) bond motifs is 1. The highest BCUT2D eigenvalue weighted by Gasteiger charge is 2.08. The smallest absolute Gasteiger partial charge is 0.258 e. The summed E-state index contributed by atoms with van der Waals surface area (Å²) in [6.07, 6.45) is 0. The van der Waals surface area contributed by atoms with Crippen LogP contribution >= 0.6 is 23.1 Å². The second-order valence-corrected chi connectivity index (χ2v) is 6.42. The van der Waals surface area contributed by atoms with Gasteiger partial charge in [-0.05, 0) is 17.7 Å². The standard InChI is InChI=1S/C14H10N2O2S2/c17-16(18)11-5-3-4-10(8-11)9-19-14-15-12-6-1-2-7-13(12)20-14/h1-8H,9H2. The number of para-hydroxylation sites is 1. The first-order chi connectivity index (χ1) is 9.72. The van der Waals surface area contributed by atoms with Gasteiger partial charge in [-0.25, -0.2) is 4.98 Å². The number of nitrogens with zero attached hydrogens (tertiary/aromatic N) is 2. The summed E-state index contributed by atoms with van der Waals surface area (Å²) in [5.74, 6) is 0.682. The molecular formula is C14H10N2O2S2. The van der Waals surface area contributed by atoms with Crippen LogP contribution in [0.1, 0.15) is 5.56 Å². The number of thioether (sulfide) groups is 1. The molecule has 0 bridgehead atoms. The highest BCUT2D eigenvalue weighted by atomic mass is 32.2. The van der Waals surface area contributed by atoms with Gasteiger partial charge in [0.25, 0.3) is 5.69 Å². The molecule has 0 N–H and O–H groups in total. The topological polar surface area (TPSA) is 56.0 Å². The van der Waals surface area contributed by atoms with E-state index in [9.17, 15) is 10.1 Å². The Hall–Kier alpha value is -1.92. The molecule has 0 amide bonds. The summed E-state index contributed by atoms with van der Waals surface area (Å²) in [6, 6.07) is 14.7. The second kappa shape index (κ2) is 5.60. The summed E-state index contributed by atoms with van der Waals surface area (Å²) in [7, 11) is 0. The number of nitro benzene ring substituents is 1. The van der Waals surface area contributed by atoms with Crippen molar-refractivity contribution in [3.05, 3.63) is 64.2 Å². The summed E-state index contributed by atoms with van der Waals surface area (Å²) in [5, 5.41) is 10.7. The average Bonchev–Trinajstić information content (AvgIpc) is 2.88. The van der Waals surface area contributed by atoms with Crippen LogP contribution in [0.25, 0.3) is 10.2 Å². The Balaban J connectivity index is 1.75. The van der Waals surface area contributed by atoms with Crippen molar-refractivity contribution in [3.8, 4) is 0 Å². The molecule has 1 aromatic heterocycles. The maximum absolute atomic E-state index is 10.7. The molecule has 0 saturated heterocycles. The van der Waals surface area contributed by atoms with Crippen molar-refractivity contribution in [2.75, 3.05) is 0 Å². The predicted octanol–water partition coefficient (Wildman–Crippen LogP) is 4.50. The summed E-state index contributed by atoms with van der Waals surface area (Å²) in [4.78, 5) is 14.9. The number of thiazole rings is 1. The molecular weight excluding hydrogens is 292 g/mol. The summed E-state index contributed by atoms with van der Waals surface area (Å²) >= 11 is 3.25. The summed E-state index contributed by atoms with van der Waals surface area (Å²) in [6.45, 7) is 0. The van der Waals surface area contributed by atoms with Crippen LogP contribution in [0.2, 0.25) is 0 Å². The lowest BCUT2D eigenvalue weighted by atomic mass is 10.2. The van der Waals surface area contributed by atoms with Crippen molar-refractivity contribution in [1.29, 1.82) is 0 Å². The van der Waals surface area contributed by atoms with Crippen molar-refractivity contribution < 1.29 is 4.92 Å². The molecule has 0 radical (unpaired) electrons. The first-order valence-electron chi connectivity index (χ1n) is 5.94. The van der Waals surface area contributed by atoms with Crippen LogP contribution in [0.5, 0.6) is 0 Å². The SMILES string of the molecule is O=[N+]([O-])c1cccc(CSc2nc3ccccc3s2)c1. The van der Waals surface area contributed by atoms with E-state index < -0.39 is 0 Å². The van der Waals surface area contributed by atoms with E-state index in [0.29, 0.717) is 5.75 Å². The molecule has 0 fully saturated rings. The largest absolute Gasteiger partial charge is 0.269 e. The first-order valence-corrected chi connectivity index (χ1v) is 7.74. The van der Waals surface area contributed by atoms with Gasteiger partial charge in [-0.1, -0.05) is 36.0 Å². The number of hydrogen-bond donors (Lipinski definition) is 0. The Kier molecular flexibility index (Phi) is 3.66. The van der Waals surface area contributed by atoms with Gasteiger partial charge in [0.15, 0.2) is 4.34 Å². The van der Waals surface area contributed by atoms with Gasteiger partial charge in [0.05, 0.1) is 15.1 Å². The number of benzene rings is 2. The fourth-order valence-electron chi connectivity index (χ4n) is 1.82. The zero-order chi connectivity index (χ0) is 13.9. The molecule has 4 nitrogen and oxygen atoms in total. The fourth-order valence-corrected chi connectivity index (χ4v) is 3.83. The minimum absolute atomic E-state index is 0.132. The molecule has 0 atom stereocenters. The first kappa shape index (κ1) is 13.1. The normalized spacial score (nSPS) is 10.8. The van der Waals surface area contributed by atoms with Gasteiger partial charge >= 0.3 is 0 Å². The van der Waals surface area contributed by atoms with Gasteiger partial charge in [-0.15, -0.1) is 11.3 Å². The Morgan fingerprint density at radius 1 is 1.20 bits per heavy atom. The third kappa shape index (κ3) is 2.81. The molecule has 20 heavy (non-hydrogen) atoms. The van der Waals surface area contributed by atoms with Gasteiger partial charge in [-0.3, -0.25) is 10.1 Å². The maximum Gasteiger partial charge on any atom is 0.269 e. The molecule has 0 aliphatic carbocycles. The van der Waals surface area contributed by atoms with Gasteiger partial charge in [-0.2, -0.15) is 0 Å². The van der Waals surface area contributed by atoms with Gasteiger partial charge in [0.2, 0.25) is 0 Å². The van der Waals surface area contributed by atoms with E-state index in [0.717, 1.165) is 20.1 Å². The molecule has 3 rings (SSSR count). The fraction of sp³-hybridized carbons (Fsp3) is 0.0714. The Labute approximate surface area is 123 Å². The van der Waals surface area contributed by atoms with Crippen molar-refractivity contribution in [2.45, 2.75) is 10.1 Å². The molecule has 0 aliphatic heterocycles. The number of rotatable bonds is 4. The zero-order valence-corrected chi connectivity index (χ0v) is 12.0. The molecule has 3 aromatic rings. The predicted molar refractivity (Wildman–Crippen MR) is 82.3 cm³/mol. The average molecular weight is 302 g/mol. The number of hydrogen-bond acceptors (Lipinski definition) is 5. The van der Waals surface area contributed by atoms with Gasteiger partial charge in [0.1, 0.15) is 0 Å². The third-order valence-electron chi connectivity index (χ3n) is 2.76. The third-order valence-corrected chi connectivity index (χ3v) is 5.01. The quantitative estimate of drug-likeness (QED) is 0.404. The van der Waals surface area contributed by atoms with Crippen molar-refractivity contribution >= 4 is 39.0 Å². The van der Waals surface area contributed by atoms with E-state index in [1.54, 1.807) is 35.2 Å². The lowest BCUT2D eigenvalue weighted by molar-refractivity contribution is -0.384. The van der Waals surface area contributed by atoms with E-state index in [1.807, 2.05) is 30.3 Å². The van der Waals surface area contributed by atoms with Gasteiger partial charge in [0, 0.05) is 17.9 Å². The molecule has 0 unspecified atom stereocenters. The lowest BCUT2D eigenvalue weighted by Crippen LogP contribution is -1.89. The molecule has 0 spiro atoms. The summed E-state index contributed by atoms with van der Waals surface area (Å²) in [5.41, 5.74) is 2.06. The van der Waals surface area contributed by atoms with Crippen LogP contribution in [0.15, 0.2) is 52.9 Å². The van der Waals surface area contributed by atoms with E-state index in [-0.39, 0.29) is 10.6 Å². The Morgan fingerprint density at radius 2 is 2.05 bits per heavy atom. The van der Waals surface area contributed by atoms with Crippen LogP contribution < -0.4 is 0 Å². The number of nitro groups is 1. The minimum Gasteiger partial charge on any atom is -0.258 e.